The molecule has 6 heteroatoms. The molecule has 0 aliphatic rings. The maximum absolute atomic E-state index is 12.8. The van der Waals surface area contributed by atoms with E-state index in [0.29, 0.717) is 5.69 Å². The third kappa shape index (κ3) is 2.85. The number of carbonyl (C=O) groups excluding carboxylic acids is 1. The zero-order valence-electron chi connectivity index (χ0n) is 10.2. The number of benzene rings is 1. The molecule has 0 radical (unpaired) electrons. The molecule has 0 aliphatic heterocycles. The van der Waals surface area contributed by atoms with E-state index in [-0.39, 0.29) is 18.1 Å². The highest BCUT2D eigenvalue weighted by Crippen LogP contribution is 2.07. The Labute approximate surface area is 108 Å². The number of ether oxygens (including phenoxy) is 1. The van der Waals surface area contributed by atoms with Gasteiger partial charge in [-0.05, 0) is 31.2 Å². The van der Waals surface area contributed by atoms with Crippen LogP contribution in [0.4, 0.5) is 4.39 Å². The van der Waals surface area contributed by atoms with Crippen LogP contribution in [-0.2, 0) is 4.74 Å². The van der Waals surface area contributed by atoms with Gasteiger partial charge in [-0.2, -0.15) is 5.10 Å². The van der Waals surface area contributed by atoms with Gasteiger partial charge in [0.1, 0.15) is 5.82 Å². The van der Waals surface area contributed by atoms with E-state index in [1.54, 1.807) is 6.92 Å². The molecule has 0 bridgehead atoms. The quantitative estimate of drug-likeness (QED) is 0.787. The number of rotatable bonds is 3. The molecule has 1 heterocycles. The molecular formula is C13H11FN2O3. The van der Waals surface area contributed by atoms with E-state index in [9.17, 15) is 14.0 Å². The minimum absolute atomic E-state index is 0.158. The Balaban J connectivity index is 2.43. The summed E-state index contributed by atoms with van der Waals surface area (Å²) in [7, 11) is 0. The monoisotopic (exact) mass is 262 g/mol. The van der Waals surface area contributed by atoms with Gasteiger partial charge >= 0.3 is 5.97 Å². The maximum atomic E-state index is 12.8. The Morgan fingerprint density at radius 2 is 2.00 bits per heavy atom. The Morgan fingerprint density at radius 1 is 1.32 bits per heavy atom. The molecule has 0 fully saturated rings. The van der Waals surface area contributed by atoms with Gasteiger partial charge in [-0.15, -0.1) is 0 Å². The first-order valence-corrected chi connectivity index (χ1v) is 5.65. The number of hydrogen-bond donors (Lipinski definition) is 0. The minimum Gasteiger partial charge on any atom is -0.461 e. The summed E-state index contributed by atoms with van der Waals surface area (Å²) in [4.78, 5) is 23.1. The van der Waals surface area contributed by atoms with Gasteiger partial charge in [0.05, 0.1) is 12.3 Å². The van der Waals surface area contributed by atoms with Crippen molar-refractivity contribution < 1.29 is 13.9 Å². The van der Waals surface area contributed by atoms with Crippen molar-refractivity contribution in [3.05, 3.63) is 58.3 Å². The molecule has 5 nitrogen and oxygen atoms in total. The molecule has 19 heavy (non-hydrogen) atoms. The standard InChI is InChI=1S/C13H11FN2O3/c1-2-19-13(18)12-11(17)7-8-16(15-12)10-5-3-9(14)4-6-10/h3-8H,2H2,1H3. The van der Waals surface area contributed by atoms with Crippen LogP contribution in [0.2, 0.25) is 0 Å². The number of carbonyl (C=O) groups is 1. The van der Waals surface area contributed by atoms with Crippen LogP contribution in [0.25, 0.3) is 5.69 Å². The van der Waals surface area contributed by atoms with Crippen LogP contribution in [-0.4, -0.2) is 22.4 Å². The van der Waals surface area contributed by atoms with E-state index in [1.807, 2.05) is 0 Å². The van der Waals surface area contributed by atoms with Crippen LogP contribution in [0, 0.1) is 5.82 Å². The summed E-state index contributed by atoms with van der Waals surface area (Å²) in [6.07, 6.45) is 1.40. The SMILES string of the molecule is CCOC(=O)c1nn(-c2ccc(F)cc2)ccc1=O. The molecule has 0 saturated heterocycles. The molecule has 98 valence electrons. The van der Waals surface area contributed by atoms with Gasteiger partial charge in [-0.25, -0.2) is 13.9 Å². The maximum Gasteiger partial charge on any atom is 0.362 e. The third-order valence-electron chi connectivity index (χ3n) is 2.37. The van der Waals surface area contributed by atoms with Crippen molar-refractivity contribution in [3.8, 4) is 5.69 Å². The van der Waals surface area contributed by atoms with Gasteiger partial charge in [-0.3, -0.25) is 4.79 Å². The fraction of sp³-hybridized carbons (Fsp3) is 0.154. The number of nitrogens with zero attached hydrogens (tertiary/aromatic N) is 2. The summed E-state index contributed by atoms with van der Waals surface area (Å²) < 4.78 is 18.9. The highest BCUT2D eigenvalue weighted by atomic mass is 19.1. The van der Waals surface area contributed by atoms with E-state index in [4.69, 9.17) is 4.74 Å². The van der Waals surface area contributed by atoms with Crippen molar-refractivity contribution in [2.75, 3.05) is 6.61 Å². The summed E-state index contributed by atoms with van der Waals surface area (Å²) in [5.41, 5.74) is -0.280. The summed E-state index contributed by atoms with van der Waals surface area (Å²) in [5, 5.41) is 3.90. The molecular weight excluding hydrogens is 251 g/mol. The Bertz CT molecular complexity index is 650. The predicted molar refractivity (Wildman–Crippen MR) is 65.7 cm³/mol. The summed E-state index contributed by atoms with van der Waals surface area (Å²) in [6.45, 7) is 1.80. The van der Waals surface area contributed by atoms with E-state index in [0.717, 1.165) is 0 Å². The molecule has 0 atom stereocenters. The normalized spacial score (nSPS) is 10.2. The molecule has 0 amide bonds. The topological polar surface area (TPSA) is 61.2 Å². The van der Waals surface area contributed by atoms with Gasteiger partial charge in [0.25, 0.3) is 0 Å². The fourth-order valence-corrected chi connectivity index (χ4v) is 1.49. The number of esters is 1. The van der Waals surface area contributed by atoms with Crippen molar-refractivity contribution in [1.82, 2.24) is 9.78 Å². The molecule has 0 spiro atoms. The number of aromatic nitrogens is 2. The van der Waals surface area contributed by atoms with Crippen molar-refractivity contribution in [2.45, 2.75) is 6.92 Å². The fourth-order valence-electron chi connectivity index (χ4n) is 1.49. The van der Waals surface area contributed by atoms with Crippen LogP contribution in [0.3, 0.4) is 0 Å². The summed E-state index contributed by atoms with van der Waals surface area (Å²) in [5.74, 6) is -1.15. The Kier molecular flexibility index (Phi) is 3.70. The van der Waals surface area contributed by atoms with Gasteiger partial charge in [0.15, 0.2) is 0 Å². The zero-order valence-corrected chi connectivity index (χ0v) is 10.2. The van der Waals surface area contributed by atoms with Crippen molar-refractivity contribution >= 4 is 5.97 Å². The van der Waals surface area contributed by atoms with E-state index in [1.165, 1.54) is 41.2 Å². The van der Waals surface area contributed by atoms with Crippen molar-refractivity contribution in [3.63, 3.8) is 0 Å². The van der Waals surface area contributed by atoms with E-state index in [2.05, 4.69) is 5.10 Å². The summed E-state index contributed by atoms with van der Waals surface area (Å²) >= 11 is 0. The van der Waals surface area contributed by atoms with Crippen LogP contribution < -0.4 is 5.43 Å². The smallest absolute Gasteiger partial charge is 0.362 e. The van der Waals surface area contributed by atoms with Crippen LogP contribution in [0.5, 0.6) is 0 Å². The Hall–Kier alpha value is -2.50. The van der Waals surface area contributed by atoms with Gasteiger partial charge in [-0.1, -0.05) is 0 Å². The second-order valence-electron chi connectivity index (χ2n) is 3.67. The lowest BCUT2D eigenvalue weighted by Gasteiger charge is -2.06. The Morgan fingerprint density at radius 3 is 2.63 bits per heavy atom. The molecule has 2 aromatic rings. The van der Waals surface area contributed by atoms with E-state index < -0.39 is 11.4 Å². The van der Waals surface area contributed by atoms with Crippen LogP contribution in [0.15, 0.2) is 41.3 Å². The average Bonchev–Trinajstić information content (AvgIpc) is 2.40. The number of halogens is 1. The lowest BCUT2D eigenvalue weighted by atomic mass is 10.3. The average molecular weight is 262 g/mol. The van der Waals surface area contributed by atoms with Crippen molar-refractivity contribution in [2.24, 2.45) is 0 Å². The lowest BCUT2D eigenvalue weighted by molar-refractivity contribution is 0.0515. The largest absolute Gasteiger partial charge is 0.461 e. The predicted octanol–water partition coefficient (Wildman–Crippen LogP) is 1.55. The second kappa shape index (κ2) is 5.43. The highest BCUT2D eigenvalue weighted by Gasteiger charge is 2.14. The van der Waals surface area contributed by atoms with Gasteiger partial charge in [0.2, 0.25) is 11.1 Å². The number of hydrogen-bond acceptors (Lipinski definition) is 4. The first-order chi connectivity index (χ1) is 9.11. The molecule has 1 aromatic heterocycles. The van der Waals surface area contributed by atoms with Gasteiger partial charge < -0.3 is 4.74 Å². The minimum atomic E-state index is -0.774. The van der Waals surface area contributed by atoms with Crippen LogP contribution in [0.1, 0.15) is 17.4 Å². The van der Waals surface area contributed by atoms with Crippen molar-refractivity contribution in [1.29, 1.82) is 0 Å². The molecule has 2 rings (SSSR count). The van der Waals surface area contributed by atoms with Crippen LogP contribution >= 0.6 is 0 Å². The third-order valence-corrected chi connectivity index (χ3v) is 2.37. The molecule has 0 unspecified atom stereocenters. The molecule has 0 aliphatic carbocycles. The highest BCUT2D eigenvalue weighted by molar-refractivity contribution is 5.86. The summed E-state index contributed by atoms with van der Waals surface area (Å²) in [6, 6.07) is 6.71. The molecule has 0 N–H and O–H groups in total. The molecule has 1 aromatic carbocycles. The first-order valence-electron chi connectivity index (χ1n) is 5.65. The zero-order chi connectivity index (χ0) is 13.8. The molecule has 0 saturated carbocycles. The first kappa shape index (κ1) is 12.9. The lowest BCUT2D eigenvalue weighted by Crippen LogP contribution is -2.22. The van der Waals surface area contributed by atoms with E-state index >= 15 is 0 Å². The van der Waals surface area contributed by atoms with Gasteiger partial charge in [0, 0.05) is 12.3 Å². The second-order valence-corrected chi connectivity index (χ2v) is 3.67.